The Morgan fingerprint density at radius 3 is 2.10 bits per heavy atom. The topological polar surface area (TPSA) is 0 Å². The molecule has 2 radical (unpaired) electrons. The van der Waals surface area contributed by atoms with Crippen molar-refractivity contribution in [3.63, 3.8) is 0 Å². The number of benzene rings is 1. The summed E-state index contributed by atoms with van der Waals surface area (Å²) in [6, 6.07) is 8.16. The third-order valence-corrected chi connectivity index (χ3v) is 1.55. The summed E-state index contributed by atoms with van der Waals surface area (Å²) in [6.45, 7) is 9.80. The fourth-order valence-electron chi connectivity index (χ4n) is 0.846. The van der Waals surface area contributed by atoms with Crippen molar-refractivity contribution < 1.29 is 0 Å². The summed E-state index contributed by atoms with van der Waals surface area (Å²) >= 11 is 0. The van der Waals surface area contributed by atoms with Crippen molar-refractivity contribution in [1.29, 1.82) is 0 Å². The van der Waals surface area contributed by atoms with E-state index in [0.29, 0.717) is 5.92 Å². The highest BCUT2D eigenvalue weighted by atomic mass is 14.0. The first-order valence-electron chi connectivity index (χ1n) is 3.45. The lowest BCUT2D eigenvalue weighted by molar-refractivity contribution is 0.964. The van der Waals surface area contributed by atoms with Gasteiger partial charge in [0, 0.05) is 0 Å². The summed E-state index contributed by atoms with van der Waals surface area (Å²) in [7, 11) is 0. The lowest BCUT2D eigenvalue weighted by atomic mass is 10.0. The smallest absolute Gasteiger partial charge is 0.0190 e. The Morgan fingerprint density at radius 1 is 1.20 bits per heavy atom. The largest absolute Gasteiger partial charge is 0.0587 e. The van der Waals surface area contributed by atoms with Gasteiger partial charge < -0.3 is 0 Å². The van der Waals surface area contributed by atoms with Gasteiger partial charge in [0.05, 0.1) is 0 Å². The molecule has 0 saturated carbocycles. The predicted molar refractivity (Wildman–Crippen MR) is 44.7 cm³/mol. The Morgan fingerprint density at radius 2 is 1.70 bits per heavy atom. The molecule has 0 fully saturated rings. The Kier molecular flexibility index (Phi) is 2.10. The van der Waals surface area contributed by atoms with Crippen LogP contribution < -0.4 is 0 Å². The van der Waals surface area contributed by atoms with Crippen LogP contribution in [0.2, 0.25) is 0 Å². The molecule has 1 aromatic carbocycles. The van der Waals surface area contributed by atoms with Gasteiger partial charge in [0.25, 0.3) is 0 Å². The summed E-state index contributed by atoms with van der Waals surface area (Å²) in [5.74, 6) is 0.376. The molecule has 0 aliphatic carbocycles. The van der Waals surface area contributed by atoms with E-state index in [9.17, 15) is 0 Å². The van der Waals surface area contributed by atoms with Crippen LogP contribution in [0.25, 0.3) is 0 Å². The van der Waals surface area contributed by atoms with Gasteiger partial charge in [-0.2, -0.15) is 0 Å². The van der Waals surface area contributed by atoms with Gasteiger partial charge in [-0.1, -0.05) is 31.2 Å². The SMILES string of the molecule is [CH2]c1ccc(C([CH2])C)cc1. The van der Waals surface area contributed by atoms with E-state index in [1.807, 2.05) is 12.1 Å². The lowest BCUT2D eigenvalue weighted by Gasteiger charge is -2.03. The lowest BCUT2D eigenvalue weighted by Crippen LogP contribution is -1.85. The summed E-state index contributed by atoms with van der Waals surface area (Å²) in [5, 5.41) is 0. The van der Waals surface area contributed by atoms with Crippen LogP contribution in [0.4, 0.5) is 0 Å². The molecule has 0 saturated heterocycles. The van der Waals surface area contributed by atoms with Gasteiger partial charge in [-0.25, -0.2) is 0 Å². The van der Waals surface area contributed by atoms with Gasteiger partial charge >= 0.3 is 0 Å². The predicted octanol–water partition coefficient (Wildman–Crippen LogP) is 2.81. The van der Waals surface area contributed by atoms with Crippen molar-refractivity contribution in [2.45, 2.75) is 12.8 Å². The monoisotopic (exact) mass is 132 g/mol. The van der Waals surface area contributed by atoms with Crippen molar-refractivity contribution in [2.75, 3.05) is 0 Å². The van der Waals surface area contributed by atoms with Crippen LogP contribution in [0.1, 0.15) is 24.0 Å². The molecule has 10 heavy (non-hydrogen) atoms. The number of hydrogen-bond acceptors (Lipinski definition) is 0. The third-order valence-electron chi connectivity index (χ3n) is 1.55. The Balaban J connectivity index is 2.89. The van der Waals surface area contributed by atoms with Gasteiger partial charge in [0.1, 0.15) is 0 Å². The molecular formula is C10H12. The summed E-state index contributed by atoms with van der Waals surface area (Å²) < 4.78 is 0. The van der Waals surface area contributed by atoms with Crippen LogP contribution in [-0.4, -0.2) is 0 Å². The van der Waals surface area contributed by atoms with E-state index >= 15 is 0 Å². The maximum Gasteiger partial charge on any atom is -0.0190 e. The molecule has 0 heterocycles. The standard InChI is InChI=1S/C10H12/c1-8(2)10-6-4-9(3)5-7-10/h4-8H,1,3H2,2H3. The van der Waals surface area contributed by atoms with Crippen LogP contribution in [0.5, 0.6) is 0 Å². The third kappa shape index (κ3) is 1.60. The maximum atomic E-state index is 3.92. The van der Waals surface area contributed by atoms with E-state index in [0.717, 1.165) is 5.56 Å². The number of hydrogen-bond donors (Lipinski definition) is 0. The van der Waals surface area contributed by atoms with Gasteiger partial charge in [0.15, 0.2) is 0 Å². The Labute approximate surface area is 62.9 Å². The molecular weight excluding hydrogens is 120 g/mol. The maximum absolute atomic E-state index is 3.92. The van der Waals surface area contributed by atoms with E-state index in [-0.39, 0.29) is 0 Å². The highest BCUT2D eigenvalue weighted by Crippen LogP contribution is 2.13. The van der Waals surface area contributed by atoms with Crippen molar-refractivity contribution in [1.82, 2.24) is 0 Å². The Hall–Kier alpha value is -0.780. The van der Waals surface area contributed by atoms with Crippen LogP contribution in [0.3, 0.4) is 0 Å². The first kappa shape index (κ1) is 7.33. The van der Waals surface area contributed by atoms with Crippen LogP contribution in [0, 0.1) is 13.8 Å². The molecule has 0 nitrogen and oxygen atoms in total. The molecule has 1 aromatic rings. The summed E-state index contributed by atoms with van der Waals surface area (Å²) in [5.41, 5.74) is 2.33. The van der Waals surface area contributed by atoms with Crippen molar-refractivity contribution in [3.05, 3.63) is 49.2 Å². The number of rotatable bonds is 1. The van der Waals surface area contributed by atoms with E-state index in [4.69, 9.17) is 0 Å². The van der Waals surface area contributed by atoms with E-state index in [1.165, 1.54) is 5.56 Å². The molecule has 0 aliphatic rings. The first-order chi connectivity index (χ1) is 4.70. The average Bonchev–Trinajstić information content (AvgIpc) is 1.88. The van der Waals surface area contributed by atoms with E-state index in [2.05, 4.69) is 32.9 Å². The van der Waals surface area contributed by atoms with Crippen molar-refractivity contribution in [2.24, 2.45) is 0 Å². The molecule has 0 amide bonds. The summed E-state index contributed by atoms with van der Waals surface area (Å²) in [4.78, 5) is 0. The minimum Gasteiger partial charge on any atom is -0.0587 e. The van der Waals surface area contributed by atoms with Crippen molar-refractivity contribution >= 4 is 0 Å². The molecule has 0 heteroatoms. The average molecular weight is 132 g/mol. The molecule has 0 N–H and O–H groups in total. The minimum atomic E-state index is 0.376. The summed E-state index contributed by atoms with van der Waals surface area (Å²) in [6.07, 6.45) is 0. The zero-order chi connectivity index (χ0) is 7.56. The zero-order valence-corrected chi connectivity index (χ0v) is 6.30. The van der Waals surface area contributed by atoms with Gasteiger partial charge in [-0.3, -0.25) is 0 Å². The van der Waals surface area contributed by atoms with E-state index in [1.54, 1.807) is 0 Å². The molecule has 0 aromatic heterocycles. The normalized spacial score (nSPS) is 10.4. The van der Waals surface area contributed by atoms with Crippen LogP contribution >= 0.6 is 0 Å². The fraction of sp³-hybridized carbons (Fsp3) is 0.200. The zero-order valence-electron chi connectivity index (χ0n) is 6.30. The highest BCUT2D eigenvalue weighted by molar-refractivity contribution is 5.26. The van der Waals surface area contributed by atoms with Crippen molar-refractivity contribution in [3.8, 4) is 0 Å². The quantitative estimate of drug-likeness (QED) is 0.551. The van der Waals surface area contributed by atoms with E-state index < -0.39 is 0 Å². The van der Waals surface area contributed by atoms with Crippen LogP contribution in [-0.2, 0) is 0 Å². The second-order valence-corrected chi connectivity index (χ2v) is 2.64. The molecule has 1 rings (SSSR count). The van der Waals surface area contributed by atoms with Gasteiger partial charge in [-0.15, -0.1) is 0 Å². The Bertz CT molecular complexity index is 194. The second kappa shape index (κ2) is 2.87. The molecule has 52 valence electrons. The molecule has 1 unspecified atom stereocenters. The molecule has 0 spiro atoms. The molecule has 0 aliphatic heterocycles. The first-order valence-corrected chi connectivity index (χ1v) is 3.45. The fourth-order valence-corrected chi connectivity index (χ4v) is 0.846. The van der Waals surface area contributed by atoms with Crippen LogP contribution in [0.15, 0.2) is 24.3 Å². The highest BCUT2D eigenvalue weighted by Gasteiger charge is 1.95. The van der Waals surface area contributed by atoms with Gasteiger partial charge in [0.2, 0.25) is 0 Å². The molecule has 0 bridgehead atoms. The molecule has 1 atom stereocenters. The second-order valence-electron chi connectivity index (χ2n) is 2.64. The van der Waals surface area contributed by atoms with Gasteiger partial charge in [-0.05, 0) is 30.9 Å². The minimum absolute atomic E-state index is 0.376.